The third kappa shape index (κ3) is 3.68. The Morgan fingerprint density at radius 3 is 2.59 bits per heavy atom. The fraction of sp³-hybridized carbons (Fsp3) is 0.190. The fourth-order valence-electron chi connectivity index (χ4n) is 2.85. The summed E-state index contributed by atoms with van der Waals surface area (Å²) < 4.78 is 1.71. The lowest BCUT2D eigenvalue weighted by Crippen LogP contribution is -2.21. The smallest absolute Gasteiger partial charge is 0.266 e. The van der Waals surface area contributed by atoms with E-state index in [0.717, 1.165) is 33.9 Å². The maximum atomic E-state index is 13.2. The fourth-order valence-corrected chi connectivity index (χ4v) is 4.60. The van der Waals surface area contributed by atoms with Gasteiger partial charge in [0.1, 0.15) is 0 Å². The summed E-state index contributed by atoms with van der Waals surface area (Å²) in [5, 5.41) is 4.53. The number of para-hydroxylation sites is 1. The van der Waals surface area contributed by atoms with Crippen molar-refractivity contribution in [2.24, 2.45) is 0 Å². The van der Waals surface area contributed by atoms with Gasteiger partial charge >= 0.3 is 0 Å². The number of rotatable bonds is 5. The number of aryl methyl sites for hydroxylation is 2. The van der Waals surface area contributed by atoms with E-state index < -0.39 is 0 Å². The van der Waals surface area contributed by atoms with E-state index in [1.54, 1.807) is 27.7 Å². The van der Waals surface area contributed by atoms with Crippen molar-refractivity contribution in [1.82, 2.24) is 14.5 Å². The lowest BCUT2D eigenvalue weighted by atomic mass is 10.2. The molecule has 2 aromatic carbocycles. The van der Waals surface area contributed by atoms with Crippen molar-refractivity contribution < 1.29 is 0 Å². The first-order chi connectivity index (χ1) is 13.2. The second-order valence-electron chi connectivity index (χ2n) is 6.26. The van der Waals surface area contributed by atoms with Crippen LogP contribution >= 0.6 is 23.1 Å². The Kier molecular flexibility index (Phi) is 5.09. The minimum atomic E-state index is -0.0421. The molecule has 0 amide bonds. The predicted molar refractivity (Wildman–Crippen MR) is 113 cm³/mol. The molecule has 0 fully saturated rings. The summed E-state index contributed by atoms with van der Waals surface area (Å²) in [6.45, 7) is 4.14. The first kappa shape index (κ1) is 17.9. The van der Waals surface area contributed by atoms with Gasteiger partial charge in [0.2, 0.25) is 0 Å². The van der Waals surface area contributed by atoms with Crippen molar-refractivity contribution in [3.8, 4) is 5.69 Å². The van der Waals surface area contributed by atoms with E-state index in [0.29, 0.717) is 16.3 Å². The van der Waals surface area contributed by atoms with Crippen LogP contribution in [0.2, 0.25) is 0 Å². The van der Waals surface area contributed by atoms with Gasteiger partial charge in [-0.15, -0.1) is 11.3 Å². The van der Waals surface area contributed by atoms with Crippen LogP contribution in [-0.2, 0) is 12.2 Å². The summed E-state index contributed by atoms with van der Waals surface area (Å²) in [7, 11) is 0. The summed E-state index contributed by atoms with van der Waals surface area (Å²) in [5.74, 6) is 0.688. The third-order valence-corrected chi connectivity index (χ3v) is 6.30. The highest BCUT2D eigenvalue weighted by Gasteiger charge is 2.14. The molecule has 2 aromatic heterocycles. The average Bonchev–Trinajstić information content (AvgIpc) is 3.16. The summed E-state index contributed by atoms with van der Waals surface area (Å²) in [6.07, 6.45) is 0.942. The Labute approximate surface area is 165 Å². The molecule has 0 spiro atoms. The topological polar surface area (TPSA) is 47.8 Å². The lowest BCUT2D eigenvalue weighted by Gasteiger charge is -2.13. The van der Waals surface area contributed by atoms with Crippen molar-refractivity contribution in [2.45, 2.75) is 31.2 Å². The average molecular weight is 394 g/mol. The van der Waals surface area contributed by atoms with E-state index in [-0.39, 0.29) is 5.56 Å². The normalized spacial score (nSPS) is 11.2. The van der Waals surface area contributed by atoms with Crippen LogP contribution in [0.5, 0.6) is 0 Å². The quantitative estimate of drug-likeness (QED) is 0.353. The number of hydrogen-bond donors (Lipinski definition) is 0. The molecule has 27 heavy (non-hydrogen) atoms. The Bertz CT molecular complexity index is 1150. The predicted octanol–water partition coefficient (Wildman–Crippen LogP) is 5.01. The van der Waals surface area contributed by atoms with Gasteiger partial charge in [-0.3, -0.25) is 9.36 Å². The molecule has 0 atom stereocenters. The molecule has 4 aromatic rings. The SMILES string of the molecule is CCc1nc(CSc2nc3ccccc3c(=O)n2-c2ccc(C)cc2)cs1. The maximum Gasteiger partial charge on any atom is 0.266 e. The number of aromatic nitrogens is 3. The molecule has 0 N–H and O–H groups in total. The van der Waals surface area contributed by atoms with E-state index in [1.807, 2.05) is 55.5 Å². The largest absolute Gasteiger partial charge is 0.268 e. The van der Waals surface area contributed by atoms with E-state index in [2.05, 4.69) is 17.3 Å². The number of thiazole rings is 1. The monoisotopic (exact) mass is 393 g/mol. The van der Waals surface area contributed by atoms with Gasteiger partial charge in [0.15, 0.2) is 5.16 Å². The van der Waals surface area contributed by atoms with Crippen LogP contribution in [-0.4, -0.2) is 14.5 Å². The molecule has 0 saturated heterocycles. The summed E-state index contributed by atoms with van der Waals surface area (Å²) in [4.78, 5) is 22.6. The van der Waals surface area contributed by atoms with Gasteiger partial charge < -0.3 is 0 Å². The van der Waals surface area contributed by atoms with Gasteiger partial charge in [-0.25, -0.2) is 9.97 Å². The van der Waals surface area contributed by atoms with Crippen LogP contribution in [0, 0.1) is 6.92 Å². The van der Waals surface area contributed by atoms with Gasteiger partial charge in [0.25, 0.3) is 5.56 Å². The van der Waals surface area contributed by atoms with E-state index in [1.165, 1.54) is 0 Å². The first-order valence-electron chi connectivity index (χ1n) is 8.80. The zero-order valence-corrected chi connectivity index (χ0v) is 16.8. The van der Waals surface area contributed by atoms with E-state index >= 15 is 0 Å². The second-order valence-corrected chi connectivity index (χ2v) is 8.15. The molecule has 0 unspecified atom stereocenters. The third-order valence-electron chi connectivity index (χ3n) is 4.29. The molecule has 0 radical (unpaired) electrons. The number of nitrogens with zero attached hydrogens (tertiary/aromatic N) is 3. The standard InChI is InChI=1S/C21H19N3OS2/c1-3-19-22-15(12-26-19)13-27-21-23-18-7-5-4-6-17(18)20(25)24(21)16-10-8-14(2)9-11-16/h4-12H,3,13H2,1-2H3. The van der Waals surface area contributed by atoms with Crippen LogP contribution in [0.15, 0.2) is 63.9 Å². The maximum absolute atomic E-state index is 13.2. The summed E-state index contributed by atoms with van der Waals surface area (Å²) >= 11 is 3.23. The number of thioether (sulfide) groups is 1. The van der Waals surface area contributed by atoms with Crippen LogP contribution in [0.25, 0.3) is 16.6 Å². The van der Waals surface area contributed by atoms with Crippen molar-refractivity contribution in [3.05, 3.63) is 80.5 Å². The van der Waals surface area contributed by atoms with Gasteiger partial charge in [-0.1, -0.05) is 48.5 Å². The highest BCUT2D eigenvalue weighted by Crippen LogP contribution is 2.25. The number of benzene rings is 2. The number of fused-ring (bicyclic) bond motifs is 1. The molecule has 2 heterocycles. The molecule has 0 aliphatic carbocycles. The van der Waals surface area contributed by atoms with E-state index in [9.17, 15) is 4.79 Å². The van der Waals surface area contributed by atoms with E-state index in [4.69, 9.17) is 4.98 Å². The van der Waals surface area contributed by atoms with Crippen LogP contribution < -0.4 is 5.56 Å². The van der Waals surface area contributed by atoms with Gasteiger partial charge in [0.05, 0.1) is 27.3 Å². The second kappa shape index (κ2) is 7.66. The highest BCUT2D eigenvalue weighted by atomic mass is 32.2. The minimum Gasteiger partial charge on any atom is -0.268 e. The Morgan fingerprint density at radius 2 is 1.85 bits per heavy atom. The molecule has 4 nitrogen and oxygen atoms in total. The molecular weight excluding hydrogens is 374 g/mol. The van der Waals surface area contributed by atoms with Crippen LogP contribution in [0.1, 0.15) is 23.2 Å². The molecule has 0 saturated carbocycles. The highest BCUT2D eigenvalue weighted by molar-refractivity contribution is 7.98. The van der Waals surface area contributed by atoms with Gasteiger partial charge in [-0.2, -0.15) is 0 Å². The van der Waals surface area contributed by atoms with Crippen molar-refractivity contribution in [2.75, 3.05) is 0 Å². The van der Waals surface area contributed by atoms with Crippen molar-refractivity contribution in [3.63, 3.8) is 0 Å². The molecule has 6 heteroatoms. The molecule has 0 aliphatic heterocycles. The molecule has 4 rings (SSSR count). The zero-order valence-electron chi connectivity index (χ0n) is 15.2. The summed E-state index contributed by atoms with van der Waals surface area (Å²) in [6, 6.07) is 15.5. The number of hydrogen-bond acceptors (Lipinski definition) is 5. The van der Waals surface area contributed by atoms with Gasteiger partial charge in [-0.05, 0) is 37.6 Å². The van der Waals surface area contributed by atoms with Crippen molar-refractivity contribution >= 4 is 34.0 Å². The Balaban J connectivity index is 1.80. The summed E-state index contributed by atoms with van der Waals surface area (Å²) in [5.41, 5.74) is 3.70. The van der Waals surface area contributed by atoms with Crippen LogP contribution in [0.3, 0.4) is 0 Å². The molecule has 0 bridgehead atoms. The van der Waals surface area contributed by atoms with Crippen LogP contribution in [0.4, 0.5) is 0 Å². The minimum absolute atomic E-state index is 0.0421. The first-order valence-corrected chi connectivity index (χ1v) is 10.7. The molecular formula is C21H19N3OS2. The molecule has 0 aliphatic rings. The van der Waals surface area contributed by atoms with Gasteiger partial charge in [0, 0.05) is 11.1 Å². The zero-order chi connectivity index (χ0) is 18.8. The Morgan fingerprint density at radius 1 is 1.07 bits per heavy atom. The van der Waals surface area contributed by atoms with Crippen molar-refractivity contribution in [1.29, 1.82) is 0 Å². The molecule has 136 valence electrons. The Hall–Kier alpha value is -2.44. The lowest BCUT2D eigenvalue weighted by molar-refractivity contribution is 0.819.